The summed E-state index contributed by atoms with van der Waals surface area (Å²) >= 11 is 6.07. The largest absolute Gasteiger partial charge is 0.489 e. The molecule has 0 bridgehead atoms. The van der Waals surface area contributed by atoms with E-state index in [1.54, 1.807) is 13.0 Å². The van der Waals surface area contributed by atoms with Crippen LogP contribution in [0.15, 0.2) is 53.1 Å². The lowest BCUT2D eigenvalue weighted by Gasteiger charge is -2.33. The number of aryl methyl sites for hydroxylation is 3. The number of hydrogen-bond donors (Lipinski definition) is 1. The molecule has 1 aliphatic carbocycles. The first-order valence-corrected chi connectivity index (χ1v) is 12.2. The van der Waals surface area contributed by atoms with Gasteiger partial charge in [0, 0.05) is 23.4 Å². The van der Waals surface area contributed by atoms with Gasteiger partial charge in [-0.1, -0.05) is 23.7 Å². The van der Waals surface area contributed by atoms with Crippen molar-refractivity contribution in [3.63, 3.8) is 0 Å². The Kier molecular flexibility index (Phi) is 7.22. The second-order valence-electron chi connectivity index (χ2n) is 8.98. The molecule has 0 radical (unpaired) electrons. The van der Waals surface area contributed by atoms with Crippen LogP contribution in [0.3, 0.4) is 0 Å². The summed E-state index contributed by atoms with van der Waals surface area (Å²) in [5.74, 6) is 0.0328. The van der Waals surface area contributed by atoms with Crippen LogP contribution in [0.5, 0.6) is 5.75 Å². The first-order valence-electron chi connectivity index (χ1n) is 11.8. The Morgan fingerprint density at radius 1 is 1.11 bits per heavy atom. The molecule has 7 heteroatoms. The van der Waals surface area contributed by atoms with Crippen LogP contribution in [0.1, 0.15) is 59.9 Å². The van der Waals surface area contributed by atoms with Crippen LogP contribution in [0, 0.1) is 20.8 Å². The van der Waals surface area contributed by atoms with Crippen molar-refractivity contribution in [2.24, 2.45) is 5.73 Å². The number of hydrogen-bond acceptors (Lipinski definition) is 6. The van der Waals surface area contributed by atoms with Crippen molar-refractivity contribution >= 4 is 23.4 Å². The van der Waals surface area contributed by atoms with Gasteiger partial charge in [0.05, 0.1) is 12.5 Å². The van der Waals surface area contributed by atoms with E-state index >= 15 is 0 Å². The van der Waals surface area contributed by atoms with Crippen LogP contribution in [0.4, 0.5) is 0 Å². The van der Waals surface area contributed by atoms with Crippen molar-refractivity contribution in [1.82, 2.24) is 0 Å². The monoisotopic (exact) mass is 495 g/mol. The molecule has 35 heavy (non-hydrogen) atoms. The van der Waals surface area contributed by atoms with Gasteiger partial charge in [-0.05, 0) is 80.1 Å². The number of ether oxygens (including phenoxy) is 3. The van der Waals surface area contributed by atoms with Gasteiger partial charge >= 0.3 is 5.97 Å². The van der Waals surface area contributed by atoms with E-state index < -0.39 is 11.9 Å². The third-order valence-corrected chi connectivity index (χ3v) is 6.77. The lowest BCUT2D eigenvalue weighted by atomic mass is 9.75. The highest BCUT2D eigenvalue weighted by atomic mass is 35.5. The minimum Gasteiger partial charge on any atom is -0.489 e. The molecule has 0 aromatic heterocycles. The average molecular weight is 496 g/mol. The maximum Gasteiger partial charge on any atom is 0.340 e. The molecule has 0 saturated heterocycles. The molecule has 0 spiro atoms. The second kappa shape index (κ2) is 10.2. The van der Waals surface area contributed by atoms with Gasteiger partial charge in [-0.3, -0.25) is 4.79 Å². The van der Waals surface area contributed by atoms with Crippen molar-refractivity contribution < 1.29 is 23.8 Å². The number of benzene rings is 2. The molecule has 0 fully saturated rings. The number of nitrogens with two attached hydrogens (primary N) is 1. The molecule has 0 unspecified atom stereocenters. The number of Topliss-reactive ketones (excluding diaryl/α,β-unsaturated/α-hetero) is 1. The van der Waals surface area contributed by atoms with E-state index in [0.29, 0.717) is 42.2 Å². The third-order valence-electron chi connectivity index (χ3n) is 6.54. The predicted octanol–water partition coefficient (Wildman–Crippen LogP) is 5.70. The summed E-state index contributed by atoms with van der Waals surface area (Å²) in [6.45, 7) is 8.17. The minimum absolute atomic E-state index is 0.00327. The van der Waals surface area contributed by atoms with E-state index in [4.69, 9.17) is 31.5 Å². The van der Waals surface area contributed by atoms with Crippen LogP contribution in [-0.4, -0.2) is 18.4 Å². The van der Waals surface area contributed by atoms with Crippen molar-refractivity contribution in [1.29, 1.82) is 0 Å². The van der Waals surface area contributed by atoms with Gasteiger partial charge in [0.1, 0.15) is 23.7 Å². The SMILES string of the molecule is CCOC(=O)C1=C(N)OC2=C(C(=O)CCC2)[C@H]1c1cc(COc2ccc(Cl)cc2C)c(C)cc1C. The fraction of sp³-hybridized carbons (Fsp3) is 0.357. The number of allylic oxidation sites excluding steroid dienone is 2. The van der Waals surface area contributed by atoms with E-state index in [2.05, 4.69) is 0 Å². The predicted molar refractivity (Wildman–Crippen MR) is 134 cm³/mol. The van der Waals surface area contributed by atoms with Gasteiger partial charge in [0.2, 0.25) is 5.88 Å². The zero-order valence-corrected chi connectivity index (χ0v) is 21.3. The maximum absolute atomic E-state index is 13.1. The smallest absolute Gasteiger partial charge is 0.340 e. The van der Waals surface area contributed by atoms with Crippen LogP contribution >= 0.6 is 11.6 Å². The quantitative estimate of drug-likeness (QED) is 0.517. The molecule has 6 nitrogen and oxygen atoms in total. The summed E-state index contributed by atoms with van der Waals surface area (Å²) in [5.41, 5.74) is 11.6. The number of ketones is 1. The number of rotatable bonds is 6. The molecule has 2 N–H and O–H groups in total. The minimum atomic E-state index is -0.651. The molecule has 4 rings (SSSR count). The highest BCUT2D eigenvalue weighted by Crippen LogP contribution is 2.45. The first-order chi connectivity index (χ1) is 16.7. The average Bonchev–Trinajstić information content (AvgIpc) is 2.79. The van der Waals surface area contributed by atoms with Gasteiger partial charge < -0.3 is 19.9 Å². The molecule has 0 saturated carbocycles. The van der Waals surface area contributed by atoms with E-state index in [1.807, 2.05) is 45.0 Å². The summed E-state index contributed by atoms with van der Waals surface area (Å²) in [5, 5.41) is 0.653. The van der Waals surface area contributed by atoms with Gasteiger partial charge in [-0.15, -0.1) is 0 Å². The third kappa shape index (κ3) is 4.94. The summed E-state index contributed by atoms with van der Waals surface area (Å²) in [7, 11) is 0. The van der Waals surface area contributed by atoms with E-state index in [0.717, 1.165) is 33.6 Å². The van der Waals surface area contributed by atoms with Crippen LogP contribution < -0.4 is 10.5 Å². The van der Waals surface area contributed by atoms with E-state index in [-0.39, 0.29) is 23.8 Å². The van der Waals surface area contributed by atoms with Gasteiger partial charge in [-0.25, -0.2) is 4.79 Å². The Labute approximate surface area is 210 Å². The summed E-state index contributed by atoms with van der Waals surface area (Å²) < 4.78 is 17.2. The molecular weight excluding hydrogens is 466 g/mol. The Morgan fingerprint density at radius 3 is 2.60 bits per heavy atom. The summed E-state index contributed by atoms with van der Waals surface area (Å²) in [6.07, 6.45) is 1.70. The van der Waals surface area contributed by atoms with Crippen molar-refractivity contribution in [3.05, 3.63) is 86.0 Å². The molecule has 2 aromatic carbocycles. The van der Waals surface area contributed by atoms with Gasteiger partial charge in [-0.2, -0.15) is 0 Å². The fourth-order valence-electron chi connectivity index (χ4n) is 4.79. The second-order valence-corrected chi connectivity index (χ2v) is 9.42. The highest BCUT2D eigenvalue weighted by Gasteiger charge is 2.41. The topological polar surface area (TPSA) is 87.9 Å². The number of esters is 1. The molecule has 1 aliphatic heterocycles. The van der Waals surface area contributed by atoms with E-state index in [1.165, 1.54) is 0 Å². The van der Waals surface area contributed by atoms with Crippen LogP contribution in [0.2, 0.25) is 5.02 Å². The van der Waals surface area contributed by atoms with Crippen molar-refractivity contribution in [2.45, 2.75) is 59.5 Å². The fourth-order valence-corrected chi connectivity index (χ4v) is 5.01. The van der Waals surface area contributed by atoms with Gasteiger partial charge in [0.25, 0.3) is 0 Å². The Bertz CT molecular complexity index is 1260. The normalized spacial score (nSPS) is 17.7. The highest BCUT2D eigenvalue weighted by molar-refractivity contribution is 6.30. The Hall–Kier alpha value is -3.25. The molecule has 1 atom stereocenters. The van der Waals surface area contributed by atoms with Crippen LogP contribution in [-0.2, 0) is 25.7 Å². The van der Waals surface area contributed by atoms with E-state index in [9.17, 15) is 9.59 Å². The van der Waals surface area contributed by atoms with Crippen LogP contribution in [0.25, 0.3) is 0 Å². The summed E-state index contributed by atoms with van der Waals surface area (Å²) in [4.78, 5) is 26.1. The molecule has 2 aromatic rings. The van der Waals surface area contributed by atoms with Crippen molar-refractivity contribution in [2.75, 3.05) is 6.61 Å². The number of carbonyl (C=O) groups is 2. The van der Waals surface area contributed by atoms with Gasteiger partial charge in [0.15, 0.2) is 5.78 Å². The molecular formula is C28H30ClNO5. The zero-order valence-electron chi connectivity index (χ0n) is 20.5. The molecule has 2 aliphatic rings. The molecule has 1 heterocycles. The van der Waals surface area contributed by atoms with Crippen molar-refractivity contribution in [3.8, 4) is 5.75 Å². The lowest BCUT2D eigenvalue weighted by Crippen LogP contribution is -2.32. The Balaban J connectivity index is 1.79. The standard InChI is InChI=1S/C28H30ClNO5/c1-5-33-28(32)26-24(25-21(31)7-6-8-23(25)35-27(26)30)20-13-18(15(2)11-16(20)3)14-34-22-10-9-19(29)12-17(22)4/h9-13,24H,5-8,14,30H2,1-4H3/t24-/m1/s1. The maximum atomic E-state index is 13.1. The first kappa shape index (κ1) is 24.9. The summed E-state index contributed by atoms with van der Waals surface area (Å²) in [6, 6.07) is 9.55. The Morgan fingerprint density at radius 2 is 1.89 bits per heavy atom. The number of carbonyl (C=O) groups excluding carboxylic acids is 2. The number of halogens is 1. The lowest BCUT2D eigenvalue weighted by molar-refractivity contribution is -0.139. The molecule has 0 amide bonds. The zero-order chi connectivity index (χ0) is 25.3. The molecule has 184 valence electrons.